The van der Waals surface area contributed by atoms with E-state index in [2.05, 4.69) is 357 Å². The van der Waals surface area contributed by atoms with Crippen molar-refractivity contribution in [1.29, 1.82) is 0 Å². The molecule has 129 heavy (non-hydrogen) atoms. The van der Waals surface area contributed by atoms with E-state index < -0.39 is 0 Å². The Balaban J connectivity index is 0.000000297. The predicted molar refractivity (Wildman–Crippen MR) is 574 cm³/mol. The minimum absolute atomic E-state index is 0.247. The first-order valence-corrected chi connectivity index (χ1v) is 57.3. The van der Waals surface area contributed by atoms with Gasteiger partial charge in [0.25, 0.3) is 0 Å². The summed E-state index contributed by atoms with van der Waals surface area (Å²) in [5.74, 6) is 26.2. The molecule has 20 fully saturated rings. The van der Waals surface area contributed by atoms with Gasteiger partial charge in [-0.2, -0.15) is 0 Å². The first kappa shape index (κ1) is 121. The highest BCUT2D eigenvalue weighted by Crippen LogP contribution is 3.12. The minimum atomic E-state index is 0.247. The van der Waals surface area contributed by atoms with Crippen LogP contribution in [0.25, 0.3) is 0 Å². The van der Waals surface area contributed by atoms with Gasteiger partial charge in [-0.3, -0.25) is 0 Å². The van der Waals surface area contributed by atoms with Crippen LogP contribution in [-0.4, -0.2) is 50.3 Å². The molecule has 4 aliphatic heterocycles. The van der Waals surface area contributed by atoms with Crippen LogP contribution < -0.4 is 0 Å². The molecule has 16 saturated carbocycles. The van der Waals surface area contributed by atoms with E-state index in [0.29, 0.717) is 70.2 Å². The van der Waals surface area contributed by atoms with Crippen LogP contribution in [0.15, 0.2) is 24.3 Å². The van der Waals surface area contributed by atoms with Gasteiger partial charge in [0.05, 0.1) is 30.5 Å². The summed E-state index contributed by atoms with van der Waals surface area (Å²) >= 11 is 0. The quantitative estimate of drug-likeness (QED) is 0.0700. The summed E-state index contributed by atoms with van der Waals surface area (Å²) in [6, 6.07) is 0. The lowest BCUT2D eigenvalue weighted by Gasteiger charge is -3.13. The molecule has 764 valence electrons. The third kappa shape index (κ3) is 28.8. The van der Waals surface area contributed by atoms with Gasteiger partial charge in [0.2, 0.25) is 0 Å². The van der Waals surface area contributed by atoms with Crippen molar-refractivity contribution in [2.75, 3.05) is 33.0 Å². The van der Waals surface area contributed by atoms with Crippen molar-refractivity contribution < 1.29 is 18.9 Å². The smallest absolute Gasteiger partial charge is 0.0706 e. The lowest BCUT2D eigenvalue weighted by Crippen LogP contribution is -3.11. The van der Waals surface area contributed by atoms with Crippen LogP contribution in [0.3, 0.4) is 0 Å². The number of hydrogen-bond donors (Lipinski definition) is 0. The Morgan fingerprint density at radius 3 is 0.535 bits per heavy atom. The van der Waals surface area contributed by atoms with Gasteiger partial charge in [0.15, 0.2) is 0 Å². The number of rotatable bonds is 29. The molecule has 16 aliphatic carbocycles. The Morgan fingerprint density at radius 2 is 0.403 bits per heavy atom. The minimum Gasteiger partial charge on any atom is -0.381 e. The molecule has 4 heteroatoms. The monoisotopic (exact) mass is 1810 g/mol. The molecule has 0 radical (unpaired) electrons. The van der Waals surface area contributed by atoms with Crippen molar-refractivity contribution in [3.8, 4) is 0 Å². The zero-order valence-electron chi connectivity index (χ0n) is 97.2. The first-order chi connectivity index (χ1) is 59.4. The third-order valence-corrected chi connectivity index (χ3v) is 39.7. The molecule has 4 nitrogen and oxygen atoms in total. The van der Waals surface area contributed by atoms with Crippen LogP contribution in [0.2, 0.25) is 0 Å². The molecular weight excluding hydrogens is 1570 g/mol. The highest BCUT2D eigenvalue weighted by atomic mass is 16.5. The largest absolute Gasteiger partial charge is 0.381 e. The van der Waals surface area contributed by atoms with Crippen LogP contribution in [0.5, 0.6) is 0 Å². The van der Waals surface area contributed by atoms with Crippen LogP contribution in [-0.2, 0) is 18.9 Å². The molecule has 0 atom stereocenters. The molecule has 0 aromatic rings. The summed E-state index contributed by atoms with van der Waals surface area (Å²) in [6.07, 6.45) is 47.0. The number of hydrogen-bond acceptors (Lipinski definition) is 4. The first-order valence-electron chi connectivity index (χ1n) is 57.3. The maximum atomic E-state index is 6.19. The maximum absolute atomic E-state index is 6.19. The lowest BCUT2D eigenvalue weighted by molar-refractivity contribution is -0.674. The van der Waals surface area contributed by atoms with Crippen molar-refractivity contribution in [2.24, 2.45) is 226 Å². The van der Waals surface area contributed by atoms with Crippen LogP contribution in [0, 0.1) is 226 Å². The molecule has 20 rings (SSSR count). The van der Waals surface area contributed by atoms with Gasteiger partial charge in [0, 0.05) is 19.8 Å². The Bertz CT molecular complexity index is 2580. The van der Waals surface area contributed by atoms with Crippen molar-refractivity contribution in [1.82, 2.24) is 0 Å². The average Bonchev–Trinajstić information content (AvgIpc) is 0.787. The summed E-state index contributed by atoms with van der Waals surface area (Å²) in [5, 5.41) is 0. The number of ether oxygens (including phenoxy) is 4. The van der Waals surface area contributed by atoms with Gasteiger partial charge in [-0.15, -0.1) is 0 Å². The fourth-order valence-corrected chi connectivity index (χ4v) is 28.6. The lowest BCUT2D eigenvalue weighted by atomic mass is 8.90. The van der Waals surface area contributed by atoms with Crippen molar-refractivity contribution in [3.63, 3.8) is 0 Å². The van der Waals surface area contributed by atoms with Crippen LogP contribution >= 0.6 is 0 Å². The number of allylic oxidation sites excluding steroid dienone is 4. The summed E-state index contributed by atoms with van der Waals surface area (Å²) in [6.45, 7) is 115. The van der Waals surface area contributed by atoms with E-state index in [1.54, 1.807) is 0 Å². The second-order valence-electron chi connectivity index (χ2n) is 56.4. The van der Waals surface area contributed by atoms with E-state index in [-0.39, 0.29) is 11.2 Å². The van der Waals surface area contributed by atoms with Gasteiger partial charge in [0.1, 0.15) is 0 Å². The van der Waals surface area contributed by atoms with Crippen molar-refractivity contribution in [3.05, 3.63) is 24.3 Å². The molecule has 0 N–H and O–H groups in total. The van der Waals surface area contributed by atoms with Gasteiger partial charge >= 0.3 is 0 Å². The molecule has 0 aromatic heterocycles. The van der Waals surface area contributed by atoms with Crippen LogP contribution in [0.1, 0.15) is 499 Å². The van der Waals surface area contributed by atoms with E-state index in [4.69, 9.17) is 18.9 Å². The van der Waals surface area contributed by atoms with Crippen LogP contribution in [0.4, 0.5) is 0 Å². The molecule has 4 saturated heterocycles. The molecule has 0 spiro atoms. The van der Waals surface area contributed by atoms with Crippen molar-refractivity contribution in [2.45, 2.75) is 517 Å². The molecule has 4 heterocycles. The Hall–Kier alpha value is -0.680. The standard InChI is InChI=1S/C14H20.C14H26.2C13H24O.C13H24.C11H20.C8H18O.2C8H18.2C8H16.C7H16O/c1-5(2)13-7-10-8(13)12-9(13)11(7)14(10,12)6(3)4;1-11(2)13-5-8-14(9-6-13,10-7-13)12(3)4;2*1-10(2)12-5-7-13(8-6-12,11(3)4)14-9-12;1-10(2)12-5-7-13(9-12,8-6-12)11(3)4;1-8(2)10-5-11(6-10,7-10)9(3)4;1-7(2)5-9-6-8(3)4;4*1-7(2)5-6-8(3)4;1-6(2)5-8-7(3)4/h5-12H,1-4H3;11-12H,5-10H2,1-4H3;2*10-11H,5-9H2,1-4H3;10-11H,5-9H2,1-4H3;8-9H,5-7H2,1-4H3;7-8H,5-6H2,1-4H3;2*7-8H,5-6H2,1-4H3;2*5-8H,1-4H3;6-7H,5H2,1-4H3/b;;;;;;;;;6-5+;6-5-;. The molecule has 10 bridgehead atoms. The van der Waals surface area contributed by atoms with Gasteiger partial charge < -0.3 is 18.9 Å². The van der Waals surface area contributed by atoms with Gasteiger partial charge in [-0.05, 0) is 381 Å². The average molecular weight is 1810 g/mol. The second-order valence-corrected chi connectivity index (χ2v) is 56.4. The summed E-state index contributed by atoms with van der Waals surface area (Å²) in [7, 11) is 0. The maximum Gasteiger partial charge on any atom is 0.0706 e. The highest BCUT2D eigenvalue weighted by Gasteiger charge is 3.09. The molecule has 0 aromatic carbocycles. The van der Waals surface area contributed by atoms with E-state index in [9.17, 15) is 0 Å². The topological polar surface area (TPSA) is 36.9 Å². The van der Waals surface area contributed by atoms with Crippen molar-refractivity contribution >= 4 is 0 Å². The zero-order valence-corrected chi connectivity index (χ0v) is 97.2. The van der Waals surface area contributed by atoms with E-state index >= 15 is 0 Å². The molecular formula is C125H240O4. The fourth-order valence-electron chi connectivity index (χ4n) is 28.6. The van der Waals surface area contributed by atoms with E-state index in [1.807, 2.05) is 0 Å². The highest BCUT2D eigenvalue weighted by molar-refractivity contribution is 5.55. The summed E-state index contributed by atoms with van der Waals surface area (Å²) in [5.41, 5.74) is 8.02. The predicted octanol–water partition coefficient (Wildman–Crippen LogP) is 38.9. The van der Waals surface area contributed by atoms with E-state index in [1.165, 1.54) is 202 Å². The van der Waals surface area contributed by atoms with E-state index in [0.717, 1.165) is 159 Å². The second kappa shape index (κ2) is 50.6. The molecule has 20 aliphatic rings. The Labute approximate surface area is 813 Å². The molecule has 0 unspecified atom stereocenters. The Kier molecular flexibility index (Phi) is 47.3. The zero-order chi connectivity index (χ0) is 98.9. The van der Waals surface area contributed by atoms with Gasteiger partial charge in [-0.25, -0.2) is 0 Å². The SMILES string of the molecule is CC(C)/C=C/C(C)C.CC(C)/C=C\C(C)C.CC(C)C12C3C4C1C1C2C3C41C(C)C.CC(C)C12CC(C(C)C)(C1)C2.CC(C)C12CCC(C(C)C)(CC1)C2.CC(C)C12CCC(C(C)C)(CC1)CC2.CC(C)C12CCC(C(C)C)(CC1)OC2.CC(C)C12CCC(C(C)C)(CC1)OC2.CC(C)CCC(C)C.CC(C)CCC(C)C.CC(C)COC(C)C.CC(C)COCC(C)C. The Morgan fingerprint density at radius 1 is 0.209 bits per heavy atom. The summed E-state index contributed by atoms with van der Waals surface area (Å²) < 4.78 is 23.0. The molecule has 0 amide bonds. The summed E-state index contributed by atoms with van der Waals surface area (Å²) in [4.78, 5) is 0. The number of fused-ring (bicyclic) bond motifs is 11. The normalized spacial score (nSPS) is 35.2. The fraction of sp³-hybridized carbons (Fsp3) is 0.968. The van der Waals surface area contributed by atoms with Gasteiger partial charge in [-0.1, -0.05) is 368 Å². The third-order valence-electron chi connectivity index (χ3n) is 39.7.